The minimum absolute atomic E-state index is 0.0167. The molecule has 0 heterocycles. The number of carbonyl (C=O) groups excluding carboxylic acids is 1. The third kappa shape index (κ3) is 5.33. The van der Waals surface area contributed by atoms with Crippen molar-refractivity contribution in [3.05, 3.63) is 29.8 Å². The Bertz CT molecular complexity index is 631. The molecule has 1 aliphatic carbocycles. The number of nitrogens with zero attached hydrogens (tertiary/aromatic N) is 2. The van der Waals surface area contributed by atoms with Crippen LogP contribution >= 0.6 is 0 Å². The third-order valence-corrected chi connectivity index (χ3v) is 5.16. The normalized spacial score (nSPS) is 19.9. The molecule has 150 valence electrons. The third-order valence-electron chi connectivity index (χ3n) is 5.16. The van der Waals surface area contributed by atoms with Crippen molar-refractivity contribution >= 4 is 12.0 Å². The summed E-state index contributed by atoms with van der Waals surface area (Å²) in [6.07, 6.45) is 1.46. The molecule has 8 nitrogen and oxygen atoms in total. The average molecular weight is 379 g/mol. The fourth-order valence-electron chi connectivity index (χ4n) is 3.37. The first-order valence-electron chi connectivity index (χ1n) is 9.13. The Morgan fingerprint density at radius 1 is 1.30 bits per heavy atom. The number of aliphatic carboxylic acids is 1. The minimum atomic E-state index is -0.839. The maximum absolute atomic E-state index is 12.5. The number of rotatable bonds is 9. The first-order chi connectivity index (χ1) is 12.9. The van der Waals surface area contributed by atoms with Crippen LogP contribution in [0.2, 0.25) is 0 Å². The molecule has 27 heavy (non-hydrogen) atoms. The lowest BCUT2D eigenvalue weighted by molar-refractivity contribution is -0.139. The largest absolute Gasteiger partial charge is 0.497 e. The van der Waals surface area contributed by atoms with Gasteiger partial charge in [0.1, 0.15) is 5.75 Å². The van der Waals surface area contributed by atoms with Crippen LogP contribution in [-0.4, -0.2) is 78.0 Å². The van der Waals surface area contributed by atoms with E-state index in [2.05, 4.69) is 5.32 Å². The monoisotopic (exact) mass is 379 g/mol. The SMILES string of the molecule is CCN(CC(=O)O)C1CC(NC(=O)N(C)C(CO)c2ccc(OC)cc2)C1. The van der Waals surface area contributed by atoms with Gasteiger partial charge in [-0.2, -0.15) is 0 Å². The number of amides is 2. The summed E-state index contributed by atoms with van der Waals surface area (Å²) in [4.78, 5) is 26.8. The van der Waals surface area contributed by atoms with E-state index in [0.29, 0.717) is 12.3 Å². The van der Waals surface area contributed by atoms with Gasteiger partial charge in [-0.15, -0.1) is 0 Å². The van der Waals surface area contributed by atoms with Crippen molar-refractivity contribution in [1.82, 2.24) is 15.1 Å². The van der Waals surface area contributed by atoms with Gasteiger partial charge < -0.3 is 25.2 Å². The van der Waals surface area contributed by atoms with E-state index in [-0.39, 0.29) is 31.3 Å². The highest BCUT2D eigenvalue weighted by molar-refractivity contribution is 5.75. The molecular formula is C19H29N3O5. The van der Waals surface area contributed by atoms with Crippen molar-refractivity contribution in [2.75, 3.05) is 33.9 Å². The number of nitrogens with one attached hydrogen (secondary N) is 1. The van der Waals surface area contributed by atoms with Crippen LogP contribution in [-0.2, 0) is 4.79 Å². The number of carbonyl (C=O) groups is 2. The highest BCUT2D eigenvalue weighted by atomic mass is 16.5. The zero-order chi connectivity index (χ0) is 20.0. The Balaban J connectivity index is 1.88. The van der Waals surface area contributed by atoms with Crippen LogP contribution in [0.5, 0.6) is 5.75 Å². The molecule has 1 aromatic rings. The fourth-order valence-corrected chi connectivity index (χ4v) is 3.37. The standard InChI is InChI=1S/C19H29N3O5/c1-4-22(11-18(24)25)15-9-14(10-15)20-19(26)21(2)17(12-23)13-5-7-16(27-3)8-6-13/h5-8,14-15,17,23H,4,9-12H2,1-3H3,(H,20,26)(H,24,25). The Kier molecular flexibility index (Phi) is 7.44. The van der Waals surface area contributed by atoms with E-state index in [0.717, 1.165) is 18.4 Å². The molecule has 0 aromatic heterocycles. The molecule has 3 N–H and O–H groups in total. The summed E-state index contributed by atoms with van der Waals surface area (Å²) < 4.78 is 5.13. The van der Waals surface area contributed by atoms with E-state index < -0.39 is 12.0 Å². The van der Waals surface area contributed by atoms with E-state index in [9.17, 15) is 14.7 Å². The fraction of sp³-hybridized carbons (Fsp3) is 0.579. The van der Waals surface area contributed by atoms with E-state index in [4.69, 9.17) is 9.84 Å². The molecule has 0 spiro atoms. The summed E-state index contributed by atoms with van der Waals surface area (Å²) in [6.45, 7) is 2.43. The van der Waals surface area contributed by atoms with Gasteiger partial charge in [-0.3, -0.25) is 9.69 Å². The van der Waals surface area contributed by atoms with E-state index in [1.807, 2.05) is 24.0 Å². The maximum atomic E-state index is 12.5. The topological polar surface area (TPSA) is 102 Å². The van der Waals surface area contributed by atoms with Gasteiger partial charge >= 0.3 is 12.0 Å². The summed E-state index contributed by atoms with van der Waals surface area (Å²) in [5.74, 6) is -0.126. The summed E-state index contributed by atoms with van der Waals surface area (Å²) in [5.41, 5.74) is 0.820. The van der Waals surface area contributed by atoms with Crippen molar-refractivity contribution in [3.8, 4) is 5.75 Å². The van der Waals surface area contributed by atoms with Gasteiger partial charge in [0.2, 0.25) is 0 Å². The Morgan fingerprint density at radius 3 is 2.41 bits per heavy atom. The first kappa shape index (κ1) is 21.0. The predicted octanol–water partition coefficient (Wildman–Crippen LogP) is 1.31. The number of likely N-dealkylation sites (N-methyl/N-ethyl adjacent to an activating group) is 2. The lowest BCUT2D eigenvalue weighted by Gasteiger charge is -2.43. The smallest absolute Gasteiger partial charge is 0.317 e. The van der Waals surface area contributed by atoms with Gasteiger partial charge in [0.25, 0.3) is 0 Å². The summed E-state index contributed by atoms with van der Waals surface area (Å²) in [6, 6.07) is 6.73. The van der Waals surface area contributed by atoms with Crippen molar-refractivity contribution in [2.24, 2.45) is 0 Å². The van der Waals surface area contributed by atoms with Crippen LogP contribution in [0.25, 0.3) is 0 Å². The van der Waals surface area contributed by atoms with Crippen LogP contribution in [0, 0.1) is 0 Å². The molecule has 0 bridgehead atoms. The molecule has 1 unspecified atom stereocenters. The first-order valence-corrected chi connectivity index (χ1v) is 9.13. The number of hydrogen-bond acceptors (Lipinski definition) is 5. The molecule has 0 radical (unpaired) electrons. The molecule has 2 amide bonds. The second kappa shape index (κ2) is 9.57. The second-order valence-electron chi connectivity index (χ2n) is 6.81. The van der Waals surface area contributed by atoms with Crippen LogP contribution in [0.1, 0.15) is 31.4 Å². The van der Waals surface area contributed by atoms with Gasteiger partial charge in [-0.1, -0.05) is 19.1 Å². The second-order valence-corrected chi connectivity index (χ2v) is 6.81. The minimum Gasteiger partial charge on any atom is -0.497 e. The van der Waals surface area contributed by atoms with Gasteiger partial charge in [0, 0.05) is 19.1 Å². The molecule has 8 heteroatoms. The highest BCUT2D eigenvalue weighted by Crippen LogP contribution is 2.27. The quantitative estimate of drug-likeness (QED) is 0.598. The Morgan fingerprint density at radius 2 is 1.93 bits per heavy atom. The van der Waals surface area contributed by atoms with E-state index in [1.54, 1.807) is 26.3 Å². The van der Waals surface area contributed by atoms with Crippen LogP contribution in [0.3, 0.4) is 0 Å². The van der Waals surface area contributed by atoms with Crippen molar-refractivity contribution in [3.63, 3.8) is 0 Å². The molecule has 0 aliphatic heterocycles. The van der Waals surface area contributed by atoms with Gasteiger partial charge in [-0.05, 0) is 37.1 Å². The number of aliphatic hydroxyl groups is 1. The summed E-state index contributed by atoms with van der Waals surface area (Å²) in [7, 11) is 3.24. The van der Waals surface area contributed by atoms with Crippen LogP contribution < -0.4 is 10.1 Å². The molecule has 2 rings (SSSR count). The Hall–Kier alpha value is -2.32. The van der Waals surface area contributed by atoms with Gasteiger partial charge in [-0.25, -0.2) is 4.79 Å². The maximum Gasteiger partial charge on any atom is 0.317 e. The van der Waals surface area contributed by atoms with Crippen LogP contribution in [0.15, 0.2) is 24.3 Å². The number of carboxylic acid groups (broad SMARTS) is 1. The number of carboxylic acids is 1. The molecule has 1 aromatic carbocycles. The number of ether oxygens (including phenoxy) is 1. The predicted molar refractivity (Wildman–Crippen MR) is 101 cm³/mol. The number of benzene rings is 1. The number of methoxy groups -OCH3 is 1. The summed E-state index contributed by atoms with van der Waals surface area (Å²) in [5, 5.41) is 21.7. The average Bonchev–Trinajstić information content (AvgIpc) is 2.63. The lowest BCUT2D eigenvalue weighted by Crippen LogP contribution is -2.56. The zero-order valence-electron chi connectivity index (χ0n) is 16.1. The number of urea groups is 1. The van der Waals surface area contributed by atoms with Crippen molar-refractivity contribution in [2.45, 2.75) is 37.9 Å². The van der Waals surface area contributed by atoms with E-state index in [1.165, 1.54) is 4.90 Å². The van der Waals surface area contributed by atoms with Crippen molar-refractivity contribution < 1.29 is 24.5 Å². The van der Waals surface area contributed by atoms with Crippen LogP contribution in [0.4, 0.5) is 4.79 Å². The molecule has 1 fully saturated rings. The Labute approximate surface area is 159 Å². The highest BCUT2D eigenvalue weighted by Gasteiger charge is 2.35. The summed E-state index contributed by atoms with van der Waals surface area (Å²) >= 11 is 0. The molecule has 1 atom stereocenters. The molecule has 0 saturated heterocycles. The molecular weight excluding hydrogens is 350 g/mol. The zero-order valence-corrected chi connectivity index (χ0v) is 16.1. The van der Waals surface area contributed by atoms with E-state index >= 15 is 0 Å². The lowest BCUT2D eigenvalue weighted by atomic mass is 9.85. The molecule has 1 saturated carbocycles. The van der Waals surface area contributed by atoms with Crippen molar-refractivity contribution in [1.29, 1.82) is 0 Å². The molecule has 1 aliphatic rings. The number of aliphatic hydroxyl groups excluding tert-OH is 1. The van der Waals surface area contributed by atoms with Gasteiger partial charge in [0.05, 0.1) is 26.3 Å². The number of hydrogen-bond donors (Lipinski definition) is 3. The van der Waals surface area contributed by atoms with Gasteiger partial charge in [0.15, 0.2) is 0 Å².